The number of rotatable bonds is 5. The van der Waals surface area contributed by atoms with Crippen LogP contribution < -0.4 is 5.73 Å². The molecule has 1 aliphatic rings. The standard InChI is InChI=1S/C17H27N3O2/c1-13-5-6-14(2)15(9-13)11-22-19-16(18)10-20-7-8-21-17(3,4)12-20/h5-6,9H,7-8,10-12H2,1-4H3,(H2,18,19). The molecule has 22 heavy (non-hydrogen) atoms. The molecule has 2 rings (SSSR count). The van der Waals surface area contributed by atoms with E-state index in [1.165, 1.54) is 11.1 Å². The fourth-order valence-electron chi connectivity index (χ4n) is 2.65. The summed E-state index contributed by atoms with van der Waals surface area (Å²) in [4.78, 5) is 7.66. The van der Waals surface area contributed by atoms with Crippen LogP contribution in [0.15, 0.2) is 23.4 Å². The first-order chi connectivity index (χ1) is 10.4. The molecule has 1 aromatic carbocycles. The number of hydrogen-bond acceptors (Lipinski definition) is 4. The van der Waals surface area contributed by atoms with Crippen LogP contribution in [-0.2, 0) is 16.2 Å². The smallest absolute Gasteiger partial charge is 0.153 e. The molecule has 0 spiro atoms. The molecule has 2 N–H and O–H groups in total. The first kappa shape index (κ1) is 16.8. The minimum Gasteiger partial charge on any atom is -0.389 e. The molecule has 122 valence electrons. The summed E-state index contributed by atoms with van der Waals surface area (Å²) in [5.74, 6) is 0.503. The van der Waals surface area contributed by atoms with Gasteiger partial charge in [0.15, 0.2) is 5.84 Å². The molecule has 5 heteroatoms. The second-order valence-electron chi connectivity index (χ2n) is 6.60. The van der Waals surface area contributed by atoms with E-state index in [-0.39, 0.29) is 5.60 Å². The van der Waals surface area contributed by atoms with Crippen molar-refractivity contribution in [2.75, 3.05) is 26.2 Å². The number of morpholine rings is 1. The third-order valence-corrected chi connectivity index (χ3v) is 3.80. The van der Waals surface area contributed by atoms with Crippen molar-refractivity contribution in [1.82, 2.24) is 4.90 Å². The highest BCUT2D eigenvalue weighted by atomic mass is 16.6. The van der Waals surface area contributed by atoms with E-state index >= 15 is 0 Å². The van der Waals surface area contributed by atoms with Crippen molar-refractivity contribution >= 4 is 5.84 Å². The second-order valence-corrected chi connectivity index (χ2v) is 6.60. The summed E-state index contributed by atoms with van der Waals surface area (Å²) in [5, 5.41) is 4.04. The van der Waals surface area contributed by atoms with Gasteiger partial charge in [-0.2, -0.15) is 0 Å². The number of oxime groups is 1. The number of hydrogen-bond donors (Lipinski definition) is 1. The fraction of sp³-hybridized carbons (Fsp3) is 0.588. The summed E-state index contributed by atoms with van der Waals surface area (Å²) in [6.07, 6.45) is 0. The number of aryl methyl sites for hydroxylation is 2. The maximum atomic E-state index is 5.97. The van der Waals surface area contributed by atoms with E-state index in [0.29, 0.717) is 19.0 Å². The minimum absolute atomic E-state index is 0.127. The molecule has 0 aliphatic carbocycles. The highest BCUT2D eigenvalue weighted by molar-refractivity contribution is 5.81. The third-order valence-electron chi connectivity index (χ3n) is 3.80. The van der Waals surface area contributed by atoms with E-state index in [1.54, 1.807) is 0 Å². The Kier molecular flexibility index (Phi) is 5.42. The molecule has 1 heterocycles. The normalized spacial score (nSPS) is 19.2. The van der Waals surface area contributed by atoms with Gasteiger partial charge in [-0.05, 0) is 38.8 Å². The van der Waals surface area contributed by atoms with Crippen LogP contribution in [0, 0.1) is 13.8 Å². The molecule has 0 aromatic heterocycles. The molecule has 1 fully saturated rings. The molecule has 0 saturated carbocycles. The third kappa shape index (κ3) is 5.00. The lowest BCUT2D eigenvalue weighted by Gasteiger charge is -2.37. The van der Waals surface area contributed by atoms with E-state index < -0.39 is 0 Å². The highest BCUT2D eigenvalue weighted by Crippen LogP contribution is 2.16. The monoisotopic (exact) mass is 305 g/mol. The number of ether oxygens (including phenoxy) is 1. The summed E-state index contributed by atoms with van der Waals surface area (Å²) >= 11 is 0. The van der Waals surface area contributed by atoms with Gasteiger partial charge in [-0.3, -0.25) is 4.90 Å². The Morgan fingerprint density at radius 1 is 1.41 bits per heavy atom. The van der Waals surface area contributed by atoms with Crippen molar-refractivity contribution in [3.63, 3.8) is 0 Å². The predicted octanol–water partition coefficient (Wildman–Crippen LogP) is 2.20. The van der Waals surface area contributed by atoms with Crippen molar-refractivity contribution in [2.45, 2.75) is 39.9 Å². The van der Waals surface area contributed by atoms with Gasteiger partial charge >= 0.3 is 0 Å². The van der Waals surface area contributed by atoms with Gasteiger partial charge in [-0.1, -0.05) is 28.9 Å². The van der Waals surface area contributed by atoms with Crippen molar-refractivity contribution < 1.29 is 9.57 Å². The van der Waals surface area contributed by atoms with Gasteiger partial charge in [0.1, 0.15) is 6.61 Å². The van der Waals surface area contributed by atoms with Crippen molar-refractivity contribution in [2.24, 2.45) is 10.9 Å². The summed E-state index contributed by atoms with van der Waals surface area (Å²) in [6, 6.07) is 6.30. The summed E-state index contributed by atoms with van der Waals surface area (Å²) in [5.41, 5.74) is 9.41. The maximum Gasteiger partial charge on any atom is 0.153 e. The second kappa shape index (κ2) is 7.11. The predicted molar refractivity (Wildman–Crippen MR) is 88.8 cm³/mol. The molecular weight excluding hydrogens is 278 g/mol. The summed E-state index contributed by atoms with van der Waals surface area (Å²) in [6.45, 7) is 11.8. The number of benzene rings is 1. The molecular formula is C17H27N3O2. The van der Waals surface area contributed by atoms with Crippen LogP contribution in [0.4, 0.5) is 0 Å². The summed E-state index contributed by atoms with van der Waals surface area (Å²) in [7, 11) is 0. The Bertz CT molecular complexity index is 541. The molecule has 0 unspecified atom stereocenters. The van der Waals surface area contributed by atoms with Gasteiger partial charge in [0.25, 0.3) is 0 Å². The van der Waals surface area contributed by atoms with E-state index in [2.05, 4.69) is 55.9 Å². The summed E-state index contributed by atoms with van der Waals surface area (Å²) < 4.78 is 5.69. The van der Waals surface area contributed by atoms with E-state index in [1.807, 2.05) is 0 Å². The lowest BCUT2D eigenvalue weighted by Crippen LogP contribution is -2.50. The Balaban J connectivity index is 1.84. The van der Waals surface area contributed by atoms with E-state index in [0.717, 1.165) is 25.3 Å². The van der Waals surface area contributed by atoms with Gasteiger partial charge in [-0.15, -0.1) is 0 Å². The first-order valence-corrected chi connectivity index (χ1v) is 7.72. The van der Waals surface area contributed by atoms with Crippen LogP contribution in [0.25, 0.3) is 0 Å². The Morgan fingerprint density at radius 2 is 2.18 bits per heavy atom. The zero-order chi connectivity index (χ0) is 16.2. The lowest BCUT2D eigenvalue weighted by molar-refractivity contribution is -0.0821. The molecule has 0 amide bonds. The topological polar surface area (TPSA) is 60.1 Å². The van der Waals surface area contributed by atoms with Gasteiger partial charge in [-0.25, -0.2) is 0 Å². The zero-order valence-electron chi connectivity index (χ0n) is 14.1. The van der Waals surface area contributed by atoms with Crippen LogP contribution in [0.1, 0.15) is 30.5 Å². The van der Waals surface area contributed by atoms with Gasteiger partial charge < -0.3 is 15.3 Å². The molecule has 0 radical (unpaired) electrons. The maximum absolute atomic E-state index is 5.97. The van der Waals surface area contributed by atoms with Crippen LogP contribution in [0.5, 0.6) is 0 Å². The van der Waals surface area contributed by atoms with Gasteiger partial charge in [0, 0.05) is 13.1 Å². The van der Waals surface area contributed by atoms with Gasteiger partial charge in [0.2, 0.25) is 0 Å². The van der Waals surface area contributed by atoms with Crippen molar-refractivity contribution in [3.05, 3.63) is 34.9 Å². The molecule has 1 aliphatic heterocycles. The average Bonchev–Trinajstić information content (AvgIpc) is 2.41. The van der Waals surface area contributed by atoms with Crippen LogP contribution in [0.3, 0.4) is 0 Å². The fourth-order valence-corrected chi connectivity index (χ4v) is 2.65. The average molecular weight is 305 g/mol. The van der Waals surface area contributed by atoms with Gasteiger partial charge in [0.05, 0.1) is 18.8 Å². The van der Waals surface area contributed by atoms with Crippen molar-refractivity contribution in [1.29, 1.82) is 0 Å². The molecule has 5 nitrogen and oxygen atoms in total. The Morgan fingerprint density at radius 3 is 2.91 bits per heavy atom. The minimum atomic E-state index is -0.127. The lowest BCUT2D eigenvalue weighted by atomic mass is 10.1. The first-order valence-electron chi connectivity index (χ1n) is 7.72. The van der Waals surface area contributed by atoms with E-state index in [9.17, 15) is 0 Å². The van der Waals surface area contributed by atoms with Crippen LogP contribution >= 0.6 is 0 Å². The SMILES string of the molecule is Cc1ccc(C)c(CO/N=C(/N)CN2CCOC(C)(C)C2)c1. The van der Waals surface area contributed by atoms with Crippen LogP contribution in [-0.4, -0.2) is 42.6 Å². The molecule has 0 atom stereocenters. The quantitative estimate of drug-likeness (QED) is 0.515. The zero-order valence-corrected chi connectivity index (χ0v) is 14.1. The van der Waals surface area contributed by atoms with Crippen LogP contribution in [0.2, 0.25) is 0 Å². The molecule has 1 aromatic rings. The number of nitrogens with zero attached hydrogens (tertiary/aromatic N) is 2. The number of amidine groups is 1. The Labute approximate surface area is 133 Å². The Hall–Kier alpha value is -1.59. The largest absolute Gasteiger partial charge is 0.389 e. The number of nitrogens with two attached hydrogens (primary N) is 1. The molecule has 1 saturated heterocycles. The highest BCUT2D eigenvalue weighted by Gasteiger charge is 2.27. The molecule has 0 bridgehead atoms. The van der Waals surface area contributed by atoms with Crippen molar-refractivity contribution in [3.8, 4) is 0 Å². The van der Waals surface area contributed by atoms with E-state index in [4.69, 9.17) is 15.3 Å².